The number of nitro benzene ring substituents is 1. The van der Waals surface area contributed by atoms with Gasteiger partial charge in [-0.3, -0.25) is 10.1 Å². The summed E-state index contributed by atoms with van der Waals surface area (Å²) in [4.78, 5) is 10.4. The van der Waals surface area contributed by atoms with Gasteiger partial charge in [0.05, 0.1) is 9.82 Å². The van der Waals surface area contributed by atoms with Crippen molar-refractivity contribution >= 4 is 15.7 Å². The lowest BCUT2D eigenvalue weighted by Crippen LogP contribution is -2.35. The Morgan fingerprint density at radius 3 is 2.38 bits per heavy atom. The minimum atomic E-state index is -3.90. The average Bonchev–Trinajstić information content (AvgIpc) is 2.55. The molecule has 0 fully saturated rings. The number of hydrogen-bond acceptors (Lipinski definition) is 5. The number of nitrogens with zero attached hydrogens (tertiary/aromatic N) is 2. The standard InChI is InChI=1S/C16H19N3O4S/c1-13-15(19(20)21)8-5-9-16(13)24(22,23)18(11-10-17)12-14-6-3-2-4-7-14/h2-9H,10-12,17H2,1H3. The van der Waals surface area contributed by atoms with Crippen LogP contribution in [0.15, 0.2) is 53.4 Å². The third-order valence-corrected chi connectivity index (χ3v) is 5.64. The van der Waals surface area contributed by atoms with Gasteiger partial charge in [0.2, 0.25) is 10.0 Å². The van der Waals surface area contributed by atoms with Crippen LogP contribution in [0.4, 0.5) is 5.69 Å². The Labute approximate surface area is 140 Å². The number of hydrogen-bond donors (Lipinski definition) is 1. The van der Waals surface area contributed by atoms with Crippen LogP contribution in [0.25, 0.3) is 0 Å². The predicted octanol–water partition coefficient (Wildman–Crippen LogP) is 2.05. The lowest BCUT2D eigenvalue weighted by molar-refractivity contribution is -0.385. The highest BCUT2D eigenvalue weighted by molar-refractivity contribution is 7.89. The summed E-state index contributed by atoms with van der Waals surface area (Å²) in [5, 5.41) is 11.1. The zero-order valence-electron chi connectivity index (χ0n) is 13.3. The van der Waals surface area contributed by atoms with Gasteiger partial charge in [-0.25, -0.2) is 8.42 Å². The number of rotatable bonds is 7. The summed E-state index contributed by atoms with van der Waals surface area (Å²) >= 11 is 0. The maximum absolute atomic E-state index is 13.0. The maximum Gasteiger partial charge on any atom is 0.273 e. The fourth-order valence-electron chi connectivity index (χ4n) is 2.43. The molecule has 24 heavy (non-hydrogen) atoms. The lowest BCUT2D eigenvalue weighted by atomic mass is 10.2. The highest BCUT2D eigenvalue weighted by atomic mass is 32.2. The molecule has 7 nitrogen and oxygen atoms in total. The molecule has 0 unspecified atom stereocenters. The van der Waals surface area contributed by atoms with Crippen LogP contribution in [-0.2, 0) is 16.6 Å². The third-order valence-electron chi connectivity index (χ3n) is 3.65. The van der Waals surface area contributed by atoms with Gasteiger partial charge >= 0.3 is 0 Å². The predicted molar refractivity (Wildman–Crippen MR) is 90.9 cm³/mol. The molecule has 0 aliphatic rings. The number of nitro groups is 1. The molecule has 0 radical (unpaired) electrons. The van der Waals surface area contributed by atoms with E-state index >= 15 is 0 Å². The van der Waals surface area contributed by atoms with E-state index in [4.69, 9.17) is 5.73 Å². The molecule has 2 N–H and O–H groups in total. The molecule has 0 amide bonds. The first-order valence-corrected chi connectivity index (χ1v) is 8.80. The molecule has 2 aromatic rings. The van der Waals surface area contributed by atoms with Crippen LogP contribution in [0.5, 0.6) is 0 Å². The summed E-state index contributed by atoms with van der Waals surface area (Å²) in [5.74, 6) is 0. The summed E-state index contributed by atoms with van der Waals surface area (Å²) in [6.07, 6.45) is 0. The smallest absolute Gasteiger partial charge is 0.273 e. The van der Waals surface area contributed by atoms with E-state index in [0.717, 1.165) is 5.56 Å². The first kappa shape index (κ1) is 18.1. The molecule has 0 aromatic heterocycles. The molecule has 2 aromatic carbocycles. The van der Waals surface area contributed by atoms with Gasteiger partial charge in [0.1, 0.15) is 0 Å². The van der Waals surface area contributed by atoms with E-state index in [1.807, 2.05) is 30.3 Å². The second kappa shape index (κ2) is 7.52. The average molecular weight is 349 g/mol. The second-order valence-corrected chi connectivity index (χ2v) is 7.18. The van der Waals surface area contributed by atoms with Crippen LogP contribution < -0.4 is 5.73 Å². The van der Waals surface area contributed by atoms with E-state index in [1.54, 1.807) is 0 Å². The van der Waals surface area contributed by atoms with Gasteiger partial charge in [-0.2, -0.15) is 4.31 Å². The van der Waals surface area contributed by atoms with Crippen molar-refractivity contribution in [1.29, 1.82) is 0 Å². The zero-order chi connectivity index (χ0) is 17.7. The topological polar surface area (TPSA) is 107 Å². The third kappa shape index (κ3) is 3.78. The molecule has 0 heterocycles. The van der Waals surface area contributed by atoms with Gasteiger partial charge in [-0.05, 0) is 18.6 Å². The fraction of sp³-hybridized carbons (Fsp3) is 0.250. The van der Waals surface area contributed by atoms with E-state index in [2.05, 4.69) is 0 Å². The van der Waals surface area contributed by atoms with Crippen LogP contribution in [0.2, 0.25) is 0 Å². The maximum atomic E-state index is 13.0. The van der Waals surface area contributed by atoms with E-state index in [-0.39, 0.29) is 35.8 Å². The SMILES string of the molecule is Cc1c([N+](=O)[O-])cccc1S(=O)(=O)N(CCN)Cc1ccccc1. The molecule has 0 aliphatic carbocycles. The van der Waals surface area contributed by atoms with Gasteiger partial charge in [0, 0.05) is 31.3 Å². The normalized spacial score (nSPS) is 11.6. The summed E-state index contributed by atoms with van der Waals surface area (Å²) in [7, 11) is -3.90. The van der Waals surface area contributed by atoms with Crippen LogP contribution in [0, 0.1) is 17.0 Å². The minimum absolute atomic E-state index is 0.0684. The molecule has 0 aliphatic heterocycles. The van der Waals surface area contributed by atoms with Gasteiger partial charge in [0.15, 0.2) is 0 Å². The van der Waals surface area contributed by atoms with Crippen molar-refractivity contribution in [3.63, 3.8) is 0 Å². The van der Waals surface area contributed by atoms with Gasteiger partial charge in [-0.1, -0.05) is 36.4 Å². The van der Waals surface area contributed by atoms with Crippen LogP contribution in [0.3, 0.4) is 0 Å². The van der Waals surface area contributed by atoms with E-state index in [9.17, 15) is 18.5 Å². The van der Waals surface area contributed by atoms with Crippen molar-refractivity contribution in [2.45, 2.75) is 18.4 Å². The van der Waals surface area contributed by atoms with E-state index in [0.29, 0.717) is 0 Å². The molecule has 8 heteroatoms. The molecule has 0 saturated carbocycles. The summed E-state index contributed by atoms with van der Waals surface area (Å²) < 4.78 is 27.2. The highest BCUT2D eigenvalue weighted by Gasteiger charge is 2.28. The highest BCUT2D eigenvalue weighted by Crippen LogP contribution is 2.27. The molecular formula is C16H19N3O4S. The van der Waals surface area contributed by atoms with Crippen molar-refractivity contribution in [1.82, 2.24) is 4.31 Å². The Balaban J connectivity index is 2.45. The lowest BCUT2D eigenvalue weighted by Gasteiger charge is -2.22. The largest absolute Gasteiger partial charge is 0.329 e. The molecule has 2 rings (SSSR count). The zero-order valence-corrected chi connectivity index (χ0v) is 14.1. The first-order chi connectivity index (χ1) is 11.4. The first-order valence-electron chi connectivity index (χ1n) is 7.36. The summed E-state index contributed by atoms with van der Waals surface area (Å²) in [6, 6.07) is 13.2. The Hall–Kier alpha value is -2.29. The van der Waals surface area contributed by atoms with Gasteiger partial charge in [-0.15, -0.1) is 0 Å². The molecule has 0 saturated heterocycles. The van der Waals surface area contributed by atoms with Crippen molar-refractivity contribution in [2.75, 3.05) is 13.1 Å². The summed E-state index contributed by atoms with van der Waals surface area (Å²) in [6.45, 7) is 1.87. The number of benzene rings is 2. The Bertz CT molecular complexity index is 822. The van der Waals surface area contributed by atoms with E-state index in [1.165, 1.54) is 29.4 Å². The fourth-order valence-corrected chi connectivity index (χ4v) is 4.12. The Morgan fingerprint density at radius 2 is 1.79 bits per heavy atom. The van der Waals surface area contributed by atoms with Crippen molar-refractivity contribution in [2.24, 2.45) is 5.73 Å². The molecule has 0 spiro atoms. The monoisotopic (exact) mass is 349 g/mol. The van der Waals surface area contributed by atoms with E-state index < -0.39 is 14.9 Å². The van der Waals surface area contributed by atoms with Gasteiger partial charge < -0.3 is 5.73 Å². The Morgan fingerprint density at radius 1 is 1.12 bits per heavy atom. The van der Waals surface area contributed by atoms with Crippen LogP contribution >= 0.6 is 0 Å². The van der Waals surface area contributed by atoms with Crippen LogP contribution in [0.1, 0.15) is 11.1 Å². The second-order valence-electron chi connectivity index (χ2n) is 5.27. The molecule has 0 bridgehead atoms. The number of nitrogens with two attached hydrogens (primary N) is 1. The van der Waals surface area contributed by atoms with Gasteiger partial charge in [0.25, 0.3) is 5.69 Å². The number of sulfonamides is 1. The van der Waals surface area contributed by atoms with Crippen molar-refractivity contribution in [3.8, 4) is 0 Å². The molecule has 0 atom stereocenters. The quantitative estimate of drug-likeness (QED) is 0.608. The molecule has 128 valence electrons. The molecular weight excluding hydrogens is 330 g/mol. The Kier molecular flexibility index (Phi) is 5.66. The van der Waals surface area contributed by atoms with Crippen molar-refractivity contribution < 1.29 is 13.3 Å². The minimum Gasteiger partial charge on any atom is -0.329 e. The summed E-state index contributed by atoms with van der Waals surface area (Å²) in [5.41, 5.74) is 6.28. The van der Waals surface area contributed by atoms with Crippen molar-refractivity contribution in [3.05, 3.63) is 69.8 Å². The van der Waals surface area contributed by atoms with Crippen LogP contribution in [-0.4, -0.2) is 30.7 Å².